The smallest absolute Gasteiger partial charge is 0.194 e. The molecule has 4 rings (SSSR count). The normalized spacial score (nSPS) is 14.4. The number of nitrogens with zero attached hydrogens (tertiary/aromatic N) is 3. The highest BCUT2D eigenvalue weighted by molar-refractivity contribution is 7.15. The van der Waals surface area contributed by atoms with Gasteiger partial charge in [-0.1, -0.05) is 23.2 Å². The third kappa shape index (κ3) is 3.37. The number of halogens is 2. The molecule has 3 aromatic rings. The number of pyridine rings is 1. The minimum absolute atomic E-state index is 0.536. The number of fused-ring (bicyclic) bond motifs is 1. The third-order valence-corrected chi connectivity index (χ3v) is 5.30. The molecule has 1 saturated carbocycles. The van der Waals surface area contributed by atoms with Gasteiger partial charge in [-0.05, 0) is 18.9 Å². The zero-order valence-electron chi connectivity index (χ0n) is 12.9. The van der Waals surface area contributed by atoms with E-state index >= 15 is 0 Å². The summed E-state index contributed by atoms with van der Waals surface area (Å²) in [5.74, 6) is 1.32. The summed E-state index contributed by atoms with van der Waals surface area (Å²) in [4.78, 5) is 10.1. The van der Waals surface area contributed by atoms with Gasteiger partial charge < -0.3 is 10.6 Å². The van der Waals surface area contributed by atoms with Gasteiger partial charge in [-0.3, -0.25) is 4.40 Å². The molecule has 0 spiro atoms. The predicted octanol–water partition coefficient (Wildman–Crippen LogP) is 4.18. The van der Waals surface area contributed by atoms with Gasteiger partial charge in [-0.2, -0.15) is 0 Å². The number of aromatic nitrogens is 3. The van der Waals surface area contributed by atoms with Gasteiger partial charge in [0.1, 0.15) is 5.82 Å². The summed E-state index contributed by atoms with van der Waals surface area (Å²) in [6.45, 7) is 2.36. The molecule has 1 aliphatic rings. The lowest BCUT2D eigenvalue weighted by molar-refractivity contribution is 0.681. The molecule has 0 unspecified atom stereocenters. The maximum atomic E-state index is 6.10. The highest BCUT2D eigenvalue weighted by Gasteiger charge is 2.30. The van der Waals surface area contributed by atoms with Gasteiger partial charge in [-0.15, -0.1) is 11.3 Å². The summed E-state index contributed by atoms with van der Waals surface area (Å²) in [6, 6.07) is 1.69. The van der Waals surface area contributed by atoms with Crippen molar-refractivity contribution in [2.75, 3.05) is 18.4 Å². The summed E-state index contributed by atoms with van der Waals surface area (Å²) in [5.41, 5.74) is 2.56. The zero-order chi connectivity index (χ0) is 16.5. The zero-order valence-corrected chi connectivity index (χ0v) is 15.3. The molecule has 3 aromatic heterocycles. The minimum atomic E-state index is 0.536. The van der Waals surface area contributed by atoms with E-state index in [1.54, 1.807) is 23.6 Å². The molecular weight excluding hydrogens is 365 g/mol. The van der Waals surface area contributed by atoms with E-state index in [9.17, 15) is 0 Å². The van der Waals surface area contributed by atoms with Crippen molar-refractivity contribution in [1.29, 1.82) is 0 Å². The number of thiazole rings is 1. The molecule has 0 aromatic carbocycles. The van der Waals surface area contributed by atoms with E-state index in [0.717, 1.165) is 24.6 Å². The van der Waals surface area contributed by atoms with E-state index in [4.69, 9.17) is 28.2 Å². The van der Waals surface area contributed by atoms with Crippen LogP contribution >= 0.6 is 34.5 Å². The Hall–Kier alpha value is -1.34. The largest absolute Gasteiger partial charge is 0.368 e. The Bertz CT molecular complexity index is 855. The Kier molecular flexibility index (Phi) is 4.63. The second-order valence-corrected chi connectivity index (χ2v) is 7.58. The van der Waals surface area contributed by atoms with Crippen molar-refractivity contribution in [2.24, 2.45) is 0 Å². The van der Waals surface area contributed by atoms with Gasteiger partial charge in [0.05, 0.1) is 21.4 Å². The molecule has 1 aliphatic carbocycles. The van der Waals surface area contributed by atoms with E-state index in [0.29, 0.717) is 21.8 Å². The van der Waals surface area contributed by atoms with Crippen LogP contribution in [0.3, 0.4) is 0 Å². The molecule has 2 N–H and O–H groups in total. The highest BCUT2D eigenvalue weighted by atomic mass is 35.5. The van der Waals surface area contributed by atoms with Crippen LogP contribution in [0.25, 0.3) is 4.96 Å². The Labute approximate surface area is 154 Å². The van der Waals surface area contributed by atoms with E-state index in [-0.39, 0.29) is 0 Å². The number of hydrogen-bond acceptors (Lipinski definition) is 5. The molecule has 0 aliphatic heterocycles. The van der Waals surface area contributed by atoms with Gasteiger partial charge in [-0.25, -0.2) is 9.97 Å². The Balaban J connectivity index is 1.33. The fourth-order valence-corrected chi connectivity index (χ4v) is 3.92. The maximum absolute atomic E-state index is 6.10. The molecule has 0 atom stereocenters. The van der Waals surface area contributed by atoms with Crippen LogP contribution in [0.15, 0.2) is 23.8 Å². The van der Waals surface area contributed by atoms with Crippen molar-refractivity contribution in [1.82, 2.24) is 19.7 Å². The molecule has 0 amide bonds. The second kappa shape index (κ2) is 6.88. The molecular formula is C16H17Cl2N5S. The van der Waals surface area contributed by atoms with Gasteiger partial charge in [0.2, 0.25) is 0 Å². The van der Waals surface area contributed by atoms with Crippen molar-refractivity contribution in [3.8, 4) is 0 Å². The monoisotopic (exact) mass is 381 g/mol. The average molecular weight is 382 g/mol. The number of rotatable bonds is 7. The minimum Gasteiger partial charge on any atom is -0.368 e. The van der Waals surface area contributed by atoms with E-state index in [1.165, 1.54) is 24.2 Å². The quantitative estimate of drug-likeness (QED) is 0.602. The Morgan fingerprint density at radius 2 is 2.17 bits per heavy atom. The van der Waals surface area contributed by atoms with Crippen molar-refractivity contribution < 1.29 is 0 Å². The first-order chi connectivity index (χ1) is 11.7. The molecule has 5 nitrogen and oxygen atoms in total. The molecule has 0 bridgehead atoms. The van der Waals surface area contributed by atoms with Crippen molar-refractivity contribution in [3.05, 3.63) is 45.3 Å². The van der Waals surface area contributed by atoms with Crippen molar-refractivity contribution >= 4 is 45.3 Å². The van der Waals surface area contributed by atoms with Crippen LogP contribution < -0.4 is 10.6 Å². The van der Waals surface area contributed by atoms with Crippen LogP contribution in [-0.4, -0.2) is 27.5 Å². The van der Waals surface area contributed by atoms with Crippen LogP contribution in [0, 0.1) is 0 Å². The Morgan fingerprint density at radius 3 is 2.96 bits per heavy atom. The van der Waals surface area contributed by atoms with Crippen LogP contribution in [0.2, 0.25) is 10.0 Å². The van der Waals surface area contributed by atoms with E-state index in [2.05, 4.69) is 31.6 Å². The van der Waals surface area contributed by atoms with Crippen LogP contribution in [-0.2, 0) is 6.54 Å². The molecule has 3 heterocycles. The summed E-state index contributed by atoms with van der Waals surface area (Å²) in [5, 5.41) is 9.85. The van der Waals surface area contributed by atoms with Gasteiger partial charge in [0.25, 0.3) is 0 Å². The van der Waals surface area contributed by atoms with Crippen molar-refractivity contribution in [2.45, 2.75) is 25.3 Å². The molecule has 1 fully saturated rings. The molecule has 24 heavy (non-hydrogen) atoms. The lowest BCUT2D eigenvalue weighted by Gasteiger charge is -2.09. The lowest BCUT2D eigenvalue weighted by Crippen LogP contribution is -2.23. The fraction of sp³-hybridized carbons (Fsp3) is 0.375. The summed E-state index contributed by atoms with van der Waals surface area (Å²) < 4.78 is 2.20. The molecule has 0 saturated heterocycles. The fourth-order valence-electron chi connectivity index (χ4n) is 2.73. The summed E-state index contributed by atoms with van der Waals surface area (Å²) in [6.07, 6.45) is 6.22. The van der Waals surface area contributed by atoms with E-state index in [1.807, 2.05) is 0 Å². The number of nitrogens with one attached hydrogen (secondary N) is 2. The first-order valence-electron chi connectivity index (χ1n) is 7.92. The highest BCUT2D eigenvalue weighted by Crippen LogP contribution is 2.41. The summed E-state index contributed by atoms with van der Waals surface area (Å²) >= 11 is 13.6. The third-order valence-electron chi connectivity index (χ3n) is 4.05. The number of imidazole rings is 1. The van der Waals surface area contributed by atoms with Gasteiger partial charge in [0, 0.05) is 43.3 Å². The number of hydrogen-bond donors (Lipinski definition) is 2. The predicted molar refractivity (Wildman–Crippen MR) is 99.5 cm³/mol. The topological polar surface area (TPSA) is 54.2 Å². The van der Waals surface area contributed by atoms with Crippen LogP contribution in [0.1, 0.15) is 30.1 Å². The SMILES string of the molecule is Clc1cnc(NCCNCc2c(C3CC3)nc3sccn23)c(Cl)c1. The standard InChI is InChI=1S/C16H17Cl2N5S/c17-11-7-12(18)15(21-8-11)20-4-3-19-9-13-14(10-1-2-10)22-16-23(13)5-6-24-16/h5-8,10,19H,1-4,9H2,(H,20,21). The second-order valence-electron chi connectivity index (χ2n) is 5.86. The Morgan fingerprint density at radius 1 is 1.29 bits per heavy atom. The van der Waals surface area contributed by atoms with Gasteiger partial charge >= 0.3 is 0 Å². The molecule has 8 heteroatoms. The molecule has 0 radical (unpaired) electrons. The first kappa shape index (κ1) is 16.1. The van der Waals surface area contributed by atoms with Crippen LogP contribution in [0.4, 0.5) is 5.82 Å². The van der Waals surface area contributed by atoms with Gasteiger partial charge in [0.15, 0.2) is 4.96 Å². The maximum Gasteiger partial charge on any atom is 0.194 e. The average Bonchev–Trinajstić information content (AvgIpc) is 3.20. The van der Waals surface area contributed by atoms with E-state index < -0.39 is 0 Å². The lowest BCUT2D eigenvalue weighted by atomic mass is 10.2. The molecule has 126 valence electrons. The van der Waals surface area contributed by atoms with Crippen molar-refractivity contribution in [3.63, 3.8) is 0 Å². The number of anilines is 1. The van der Waals surface area contributed by atoms with Crippen LogP contribution in [0.5, 0.6) is 0 Å². The summed E-state index contributed by atoms with van der Waals surface area (Å²) in [7, 11) is 0. The first-order valence-corrected chi connectivity index (χ1v) is 9.56.